The van der Waals surface area contributed by atoms with Crippen LogP contribution in [-0.4, -0.2) is 4.98 Å². The van der Waals surface area contributed by atoms with Gasteiger partial charge in [-0.3, -0.25) is 0 Å². The number of hydrogen-bond donors (Lipinski definition) is 1. The molecule has 0 saturated heterocycles. The van der Waals surface area contributed by atoms with Gasteiger partial charge in [-0.15, -0.1) is 12.6 Å². The number of rotatable bonds is 0. The molecule has 1 rings (SSSR count). The van der Waals surface area contributed by atoms with E-state index in [-0.39, 0.29) is 0 Å². The Morgan fingerprint density at radius 1 is 1.44 bits per heavy atom. The Labute approximate surface area is 75.5 Å². The van der Waals surface area contributed by atoms with E-state index in [1.807, 2.05) is 6.07 Å². The molecule has 0 aromatic carbocycles. The largest absolute Gasteiger partial charge is 0.248 e. The molecule has 0 atom stereocenters. The van der Waals surface area contributed by atoms with Crippen molar-refractivity contribution >= 4 is 44.5 Å². The highest BCUT2D eigenvalue weighted by Crippen LogP contribution is 2.21. The summed E-state index contributed by atoms with van der Waals surface area (Å²) in [5.74, 6) is 0. The van der Waals surface area contributed by atoms with E-state index in [1.165, 1.54) is 0 Å². The van der Waals surface area contributed by atoms with Crippen molar-refractivity contribution in [2.75, 3.05) is 0 Å². The van der Waals surface area contributed by atoms with Crippen molar-refractivity contribution in [3.63, 3.8) is 0 Å². The van der Waals surface area contributed by atoms with Crippen molar-refractivity contribution in [1.29, 1.82) is 0 Å². The molecule has 1 nitrogen and oxygen atoms in total. The van der Waals surface area contributed by atoms with Gasteiger partial charge in [-0.25, -0.2) is 4.98 Å². The van der Waals surface area contributed by atoms with Gasteiger partial charge >= 0.3 is 0 Å². The number of nitrogens with zero attached hydrogens (tertiary/aromatic N) is 1. The zero-order chi connectivity index (χ0) is 6.85. The van der Waals surface area contributed by atoms with Crippen LogP contribution in [0.2, 0.25) is 0 Å². The third-order valence-corrected chi connectivity index (χ3v) is 2.55. The molecule has 9 heavy (non-hydrogen) atoms. The fourth-order valence-corrected chi connectivity index (χ4v) is 1.48. The first-order valence-corrected chi connectivity index (χ1v) is 4.23. The lowest BCUT2D eigenvalue weighted by atomic mass is 10.5. The summed E-state index contributed by atoms with van der Waals surface area (Å²) in [5, 5.41) is 0. The van der Waals surface area contributed by atoms with Crippen molar-refractivity contribution in [1.82, 2.24) is 4.98 Å². The summed E-state index contributed by atoms with van der Waals surface area (Å²) < 4.78 is 1.76. The zero-order valence-corrected chi connectivity index (χ0v) is 8.37. The van der Waals surface area contributed by atoms with E-state index in [1.54, 1.807) is 6.20 Å². The molecule has 4 heteroatoms. The summed E-state index contributed by atoms with van der Waals surface area (Å²) >= 11 is 10.6. The lowest BCUT2D eigenvalue weighted by molar-refractivity contribution is 1.18. The van der Waals surface area contributed by atoms with Crippen LogP contribution in [0.3, 0.4) is 0 Å². The third-order valence-electron chi connectivity index (χ3n) is 0.801. The number of hydrogen-bond acceptors (Lipinski definition) is 2. The highest BCUT2D eigenvalue weighted by molar-refractivity contribution is 9.11. The predicted molar refractivity (Wildman–Crippen MR) is 46.9 cm³/mol. The van der Waals surface area contributed by atoms with E-state index >= 15 is 0 Å². The lowest BCUT2D eigenvalue weighted by Gasteiger charge is -1.93. The van der Waals surface area contributed by atoms with Crippen molar-refractivity contribution in [3.05, 3.63) is 21.3 Å². The van der Waals surface area contributed by atoms with Crippen molar-refractivity contribution in [2.45, 2.75) is 4.90 Å². The summed E-state index contributed by atoms with van der Waals surface area (Å²) in [6.07, 6.45) is 1.68. The Hall–Kier alpha value is 0.460. The highest BCUT2D eigenvalue weighted by Gasteiger charge is 1.94. The van der Waals surface area contributed by atoms with E-state index in [2.05, 4.69) is 49.5 Å². The van der Waals surface area contributed by atoms with Gasteiger partial charge in [-0.1, -0.05) is 0 Å². The summed E-state index contributed by atoms with van der Waals surface area (Å²) in [6, 6.07) is 1.85. The van der Waals surface area contributed by atoms with Gasteiger partial charge in [0.25, 0.3) is 0 Å². The van der Waals surface area contributed by atoms with Crippen LogP contribution in [0.4, 0.5) is 0 Å². The lowest BCUT2D eigenvalue weighted by Crippen LogP contribution is -1.75. The molecule has 0 fully saturated rings. The van der Waals surface area contributed by atoms with Gasteiger partial charge in [-0.05, 0) is 37.9 Å². The third kappa shape index (κ3) is 1.95. The monoisotopic (exact) mass is 267 g/mol. The topological polar surface area (TPSA) is 12.9 Å². The van der Waals surface area contributed by atoms with Gasteiger partial charge in [0.05, 0.1) is 0 Å². The molecule has 0 aliphatic rings. The number of pyridine rings is 1. The molecule has 0 unspecified atom stereocenters. The van der Waals surface area contributed by atoms with Gasteiger partial charge in [0.15, 0.2) is 0 Å². The fourth-order valence-electron chi connectivity index (χ4n) is 0.400. The Bertz CT molecular complexity index is 226. The standard InChI is InChI=1S/C5H3Br2NS/c6-3-1-5(7)8-2-4(3)9/h1-2,9H. The SMILES string of the molecule is Sc1cnc(Br)cc1Br. The molecule has 48 valence electrons. The van der Waals surface area contributed by atoms with Gasteiger partial charge < -0.3 is 0 Å². The molecule has 0 bridgehead atoms. The molecule has 1 aromatic rings. The molecule has 0 N–H and O–H groups in total. The maximum atomic E-state index is 4.11. The number of thiol groups is 1. The Morgan fingerprint density at radius 3 is 2.56 bits per heavy atom. The van der Waals surface area contributed by atoms with Crippen molar-refractivity contribution in [3.8, 4) is 0 Å². The molecular weight excluding hydrogens is 266 g/mol. The highest BCUT2D eigenvalue weighted by atomic mass is 79.9. The second-order valence-corrected chi connectivity index (χ2v) is 3.61. The van der Waals surface area contributed by atoms with Gasteiger partial charge in [0.1, 0.15) is 4.60 Å². The molecule has 1 aromatic heterocycles. The van der Waals surface area contributed by atoms with E-state index in [0.29, 0.717) is 0 Å². The first-order valence-electron chi connectivity index (χ1n) is 2.20. The van der Waals surface area contributed by atoms with Crippen LogP contribution in [-0.2, 0) is 0 Å². The molecule has 0 radical (unpaired) electrons. The van der Waals surface area contributed by atoms with E-state index < -0.39 is 0 Å². The predicted octanol–water partition coefficient (Wildman–Crippen LogP) is 2.90. The molecule has 0 aliphatic heterocycles. The van der Waals surface area contributed by atoms with Gasteiger partial charge in [-0.2, -0.15) is 0 Å². The average Bonchev–Trinajstić information content (AvgIpc) is 1.80. The molecular formula is C5H3Br2NS. The number of halogens is 2. The Kier molecular flexibility index (Phi) is 2.55. The van der Waals surface area contributed by atoms with Gasteiger partial charge in [0, 0.05) is 15.6 Å². The first kappa shape index (κ1) is 7.57. The molecule has 0 aliphatic carbocycles. The van der Waals surface area contributed by atoms with E-state index in [0.717, 1.165) is 14.0 Å². The average molecular weight is 269 g/mol. The summed E-state index contributed by atoms with van der Waals surface area (Å²) in [5.41, 5.74) is 0. The minimum absolute atomic E-state index is 0.812. The van der Waals surface area contributed by atoms with Crippen molar-refractivity contribution in [2.24, 2.45) is 0 Å². The van der Waals surface area contributed by atoms with Crippen LogP contribution < -0.4 is 0 Å². The second-order valence-electron chi connectivity index (χ2n) is 1.46. The van der Waals surface area contributed by atoms with Crippen LogP contribution in [0.5, 0.6) is 0 Å². The summed E-state index contributed by atoms with van der Waals surface area (Å²) in [7, 11) is 0. The number of aromatic nitrogens is 1. The normalized spacial score (nSPS) is 9.67. The quantitative estimate of drug-likeness (QED) is 0.564. The first-order chi connectivity index (χ1) is 4.20. The maximum absolute atomic E-state index is 4.11. The van der Waals surface area contributed by atoms with Gasteiger partial charge in [0.2, 0.25) is 0 Å². The van der Waals surface area contributed by atoms with E-state index in [4.69, 9.17) is 0 Å². The Balaban J connectivity index is 3.17. The van der Waals surface area contributed by atoms with Crippen LogP contribution in [0.25, 0.3) is 0 Å². The minimum Gasteiger partial charge on any atom is -0.248 e. The maximum Gasteiger partial charge on any atom is 0.107 e. The minimum atomic E-state index is 0.812. The van der Waals surface area contributed by atoms with Crippen LogP contribution in [0.15, 0.2) is 26.2 Å². The zero-order valence-electron chi connectivity index (χ0n) is 4.31. The summed E-state index contributed by atoms with van der Waals surface area (Å²) in [4.78, 5) is 4.80. The fraction of sp³-hybridized carbons (Fsp3) is 0. The molecule has 1 heterocycles. The second kappa shape index (κ2) is 3.03. The van der Waals surface area contributed by atoms with Crippen LogP contribution in [0.1, 0.15) is 0 Å². The van der Waals surface area contributed by atoms with Crippen molar-refractivity contribution < 1.29 is 0 Å². The molecule has 0 amide bonds. The van der Waals surface area contributed by atoms with Crippen LogP contribution >= 0.6 is 44.5 Å². The van der Waals surface area contributed by atoms with Crippen LogP contribution in [0, 0.1) is 0 Å². The molecule has 0 spiro atoms. The Morgan fingerprint density at radius 2 is 2.11 bits per heavy atom. The smallest absolute Gasteiger partial charge is 0.107 e. The summed E-state index contributed by atoms with van der Waals surface area (Å²) in [6.45, 7) is 0. The molecule has 0 saturated carbocycles. The van der Waals surface area contributed by atoms with E-state index in [9.17, 15) is 0 Å².